The minimum atomic E-state index is -0.669. The summed E-state index contributed by atoms with van der Waals surface area (Å²) in [6, 6.07) is 15.8. The Morgan fingerprint density at radius 3 is 2.22 bits per heavy atom. The Labute approximate surface area is 165 Å². The molecule has 0 radical (unpaired) electrons. The highest BCUT2D eigenvalue weighted by Crippen LogP contribution is 2.30. The summed E-state index contributed by atoms with van der Waals surface area (Å²) in [5, 5.41) is 4.90. The van der Waals surface area contributed by atoms with Crippen LogP contribution in [0.2, 0.25) is 10.0 Å². The van der Waals surface area contributed by atoms with E-state index in [1.54, 1.807) is 30.3 Å². The number of methoxy groups -OCH3 is 1. The van der Waals surface area contributed by atoms with Crippen LogP contribution in [-0.2, 0) is 9.53 Å². The first kappa shape index (κ1) is 19.0. The summed E-state index contributed by atoms with van der Waals surface area (Å²) in [5.74, 6) is -0.857. The van der Waals surface area contributed by atoms with Gasteiger partial charge in [0.1, 0.15) is 11.3 Å². The van der Waals surface area contributed by atoms with E-state index in [1.165, 1.54) is 7.11 Å². The van der Waals surface area contributed by atoms with Gasteiger partial charge in [0.15, 0.2) is 6.61 Å². The molecule has 3 aromatic rings. The molecule has 7 heteroatoms. The smallest absolute Gasteiger partial charge is 0.342 e. The summed E-state index contributed by atoms with van der Waals surface area (Å²) < 4.78 is 10.4. The van der Waals surface area contributed by atoms with Crippen LogP contribution in [0.15, 0.2) is 54.6 Å². The third-order valence-corrected chi connectivity index (χ3v) is 4.48. The van der Waals surface area contributed by atoms with Crippen molar-refractivity contribution in [2.75, 3.05) is 19.0 Å². The third-order valence-electron chi connectivity index (χ3n) is 3.85. The Balaban J connectivity index is 1.72. The maximum atomic E-state index is 12.4. The molecule has 0 spiro atoms. The molecular formula is C20H15Cl2NO4. The van der Waals surface area contributed by atoms with E-state index in [4.69, 9.17) is 32.7 Å². The second-order valence-electron chi connectivity index (χ2n) is 5.62. The molecule has 3 aromatic carbocycles. The van der Waals surface area contributed by atoms with Crippen molar-refractivity contribution in [2.24, 2.45) is 0 Å². The van der Waals surface area contributed by atoms with Crippen LogP contribution in [0, 0.1) is 0 Å². The van der Waals surface area contributed by atoms with Gasteiger partial charge < -0.3 is 14.8 Å². The van der Waals surface area contributed by atoms with Crippen LogP contribution in [0.4, 0.5) is 5.69 Å². The molecule has 1 N–H and O–H groups in total. The molecule has 0 atom stereocenters. The highest BCUT2D eigenvalue weighted by molar-refractivity contribution is 6.39. The summed E-state index contributed by atoms with van der Waals surface area (Å²) in [7, 11) is 1.47. The number of nitrogens with one attached hydrogen (secondary N) is 1. The van der Waals surface area contributed by atoms with Gasteiger partial charge in [0.25, 0.3) is 5.91 Å². The van der Waals surface area contributed by atoms with Crippen molar-refractivity contribution in [1.82, 2.24) is 0 Å². The lowest BCUT2D eigenvalue weighted by Crippen LogP contribution is -2.21. The van der Waals surface area contributed by atoms with Crippen LogP contribution in [0.3, 0.4) is 0 Å². The number of ether oxygens (including phenoxy) is 2. The van der Waals surface area contributed by atoms with Crippen molar-refractivity contribution in [2.45, 2.75) is 0 Å². The molecular weight excluding hydrogens is 389 g/mol. The Kier molecular flexibility index (Phi) is 5.84. The van der Waals surface area contributed by atoms with E-state index in [1.807, 2.05) is 24.3 Å². The fraction of sp³-hybridized carbons (Fsp3) is 0.100. The molecule has 1 amide bonds. The van der Waals surface area contributed by atoms with Gasteiger partial charge in [-0.05, 0) is 35.0 Å². The minimum Gasteiger partial charge on any atom is -0.496 e. The molecule has 0 saturated carbocycles. The van der Waals surface area contributed by atoms with E-state index in [9.17, 15) is 9.59 Å². The van der Waals surface area contributed by atoms with Gasteiger partial charge >= 0.3 is 5.97 Å². The van der Waals surface area contributed by atoms with Crippen LogP contribution >= 0.6 is 23.2 Å². The second kappa shape index (κ2) is 8.29. The highest BCUT2D eigenvalue weighted by atomic mass is 35.5. The molecule has 0 aliphatic carbocycles. The Morgan fingerprint density at radius 1 is 0.963 bits per heavy atom. The topological polar surface area (TPSA) is 64.6 Å². The average Bonchev–Trinajstić information content (AvgIpc) is 2.68. The summed E-state index contributed by atoms with van der Waals surface area (Å²) in [6.45, 7) is -0.490. The first-order valence-electron chi connectivity index (χ1n) is 7.97. The monoisotopic (exact) mass is 403 g/mol. The Bertz CT molecular complexity index is 1000. The zero-order chi connectivity index (χ0) is 19.4. The molecule has 27 heavy (non-hydrogen) atoms. The maximum absolute atomic E-state index is 12.4. The van der Waals surface area contributed by atoms with Crippen LogP contribution < -0.4 is 10.1 Å². The number of halogens is 2. The van der Waals surface area contributed by atoms with Gasteiger partial charge in [-0.15, -0.1) is 0 Å². The van der Waals surface area contributed by atoms with Crippen LogP contribution in [0.5, 0.6) is 5.75 Å². The van der Waals surface area contributed by atoms with Crippen LogP contribution in [0.1, 0.15) is 10.4 Å². The molecule has 0 fully saturated rings. The number of carbonyl (C=O) groups excluding carboxylic acids is 2. The number of hydrogen-bond acceptors (Lipinski definition) is 4. The molecule has 0 saturated heterocycles. The molecule has 0 aromatic heterocycles. The van der Waals surface area contributed by atoms with Gasteiger partial charge in [-0.25, -0.2) is 4.79 Å². The van der Waals surface area contributed by atoms with Crippen LogP contribution in [-0.4, -0.2) is 25.6 Å². The van der Waals surface area contributed by atoms with Crippen molar-refractivity contribution in [3.8, 4) is 5.75 Å². The van der Waals surface area contributed by atoms with Crippen molar-refractivity contribution in [3.05, 3.63) is 70.2 Å². The number of esters is 1. The summed E-state index contributed by atoms with van der Waals surface area (Å²) in [4.78, 5) is 24.5. The molecule has 138 valence electrons. The van der Waals surface area contributed by atoms with Crippen molar-refractivity contribution < 1.29 is 19.1 Å². The first-order chi connectivity index (χ1) is 13.0. The normalized spacial score (nSPS) is 10.5. The fourth-order valence-corrected chi connectivity index (χ4v) is 3.04. The number of rotatable bonds is 5. The zero-order valence-electron chi connectivity index (χ0n) is 14.3. The third kappa shape index (κ3) is 4.32. The minimum absolute atomic E-state index is 0.236. The van der Waals surface area contributed by atoms with Gasteiger partial charge in [-0.2, -0.15) is 0 Å². The summed E-state index contributed by atoms with van der Waals surface area (Å²) >= 11 is 12.0. The molecule has 0 aliphatic heterocycles. The van der Waals surface area contributed by atoms with Gasteiger partial charge in [0.2, 0.25) is 0 Å². The van der Waals surface area contributed by atoms with E-state index in [0.29, 0.717) is 15.8 Å². The van der Waals surface area contributed by atoms with Crippen molar-refractivity contribution in [3.63, 3.8) is 0 Å². The number of para-hydroxylation sites is 1. The highest BCUT2D eigenvalue weighted by Gasteiger charge is 2.17. The summed E-state index contributed by atoms with van der Waals surface area (Å²) in [5.41, 5.74) is 0.505. The van der Waals surface area contributed by atoms with Crippen molar-refractivity contribution >= 4 is 51.5 Å². The van der Waals surface area contributed by atoms with E-state index in [0.717, 1.165) is 10.8 Å². The van der Waals surface area contributed by atoms with Gasteiger partial charge in [0.05, 0.1) is 22.8 Å². The number of fused-ring (bicyclic) bond motifs is 1. The maximum Gasteiger partial charge on any atom is 0.342 e. The lowest BCUT2D eigenvalue weighted by molar-refractivity contribution is -0.119. The zero-order valence-corrected chi connectivity index (χ0v) is 15.8. The van der Waals surface area contributed by atoms with Gasteiger partial charge in [-0.1, -0.05) is 53.5 Å². The Morgan fingerprint density at radius 2 is 1.59 bits per heavy atom. The number of hydrogen-bond donors (Lipinski definition) is 1. The van der Waals surface area contributed by atoms with Crippen LogP contribution in [0.25, 0.3) is 10.8 Å². The molecule has 5 nitrogen and oxygen atoms in total. The number of benzene rings is 3. The Hall–Kier alpha value is -2.76. The number of amides is 1. The predicted molar refractivity (Wildman–Crippen MR) is 106 cm³/mol. The molecule has 0 aliphatic rings. The van der Waals surface area contributed by atoms with E-state index in [-0.39, 0.29) is 11.3 Å². The largest absolute Gasteiger partial charge is 0.496 e. The molecule has 0 heterocycles. The number of anilines is 1. The predicted octanol–water partition coefficient (Wildman–Crippen LogP) is 4.95. The molecule has 0 unspecified atom stereocenters. The SMILES string of the molecule is COc1cc2ccccc2cc1C(=O)OCC(=O)Nc1c(Cl)cccc1Cl. The average molecular weight is 404 g/mol. The van der Waals surface area contributed by atoms with E-state index < -0.39 is 18.5 Å². The van der Waals surface area contributed by atoms with E-state index in [2.05, 4.69) is 5.32 Å². The lowest BCUT2D eigenvalue weighted by Gasteiger charge is -2.12. The standard InChI is InChI=1S/C20H15Cl2NO4/c1-26-17-10-13-6-3-2-5-12(13)9-14(17)20(25)27-11-18(24)23-19-15(21)7-4-8-16(19)22/h2-10H,11H2,1H3,(H,23,24). The van der Waals surface area contributed by atoms with Gasteiger partial charge in [0, 0.05) is 0 Å². The second-order valence-corrected chi connectivity index (χ2v) is 6.44. The first-order valence-corrected chi connectivity index (χ1v) is 8.73. The number of carbonyl (C=O) groups is 2. The van der Waals surface area contributed by atoms with E-state index >= 15 is 0 Å². The molecule has 3 rings (SSSR count). The van der Waals surface area contributed by atoms with Crippen molar-refractivity contribution in [1.29, 1.82) is 0 Å². The quantitative estimate of drug-likeness (QED) is 0.612. The van der Waals surface area contributed by atoms with Gasteiger partial charge in [-0.3, -0.25) is 4.79 Å². The molecule has 0 bridgehead atoms. The fourth-order valence-electron chi connectivity index (χ4n) is 2.55. The summed E-state index contributed by atoms with van der Waals surface area (Å²) in [6.07, 6.45) is 0. The lowest BCUT2D eigenvalue weighted by atomic mass is 10.1.